The molecule has 1 unspecified atom stereocenters. The molecule has 1 aromatic rings. The number of alkyl halides is 3. The first-order valence-electron chi connectivity index (χ1n) is 5.20. The number of aromatic nitrogens is 2. The second-order valence-corrected chi connectivity index (χ2v) is 3.71. The molecule has 0 bridgehead atoms. The average Bonchev–Trinajstić information content (AvgIpc) is 2.62. The Morgan fingerprint density at radius 2 is 2.19 bits per heavy atom. The van der Waals surface area contributed by atoms with E-state index in [1.807, 2.05) is 6.92 Å². The molecule has 0 amide bonds. The van der Waals surface area contributed by atoms with Gasteiger partial charge in [-0.15, -0.1) is 0 Å². The Hall–Kier alpha value is -1.04. The zero-order chi connectivity index (χ0) is 12.2. The van der Waals surface area contributed by atoms with Gasteiger partial charge in [-0.05, 0) is 26.0 Å². The van der Waals surface area contributed by atoms with Crippen LogP contribution in [0.2, 0.25) is 0 Å². The van der Waals surface area contributed by atoms with Gasteiger partial charge in [-0.3, -0.25) is 4.68 Å². The lowest BCUT2D eigenvalue weighted by Crippen LogP contribution is -2.32. The molecule has 16 heavy (non-hydrogen) atoms. The van der Waals surface area contributed by atoms with Gasteiger partial charge in [0.25, 0.3) is 0 Å². The SMILES string of the molecule is CCn1cc(CC(CC(F)(F)F)NC)cn1. The predicted octanol–water partition coefficient (Wildman–Crippen LogP) is 1.99. The molecule has 1 rings (SSSR count). The van der Waals surface area contributed by atoms with E-state index in [0.29, 0.717) is 6.42 Å². The van der Waals surface area contributed by atoms with Crippen molar-refractivity contribution >= 4 is 0 Å². The molecule has 0 saturated carbocycles. The van der Waals surface area contributed by atoms with Crippen LogP contribution in [0, 0.1) is 0 Å². The number of likely N-dealkylation sites (N-methyl/N-ethyl adjacent to an activating group) is 1. The van der Waals surface area contributed by atoms with Crippen molar-refractivity contribution < 1.29 is 13.2 Å². The van der Waals surface area contributed by atoms with E-state index in [4.69, 9.17) is 0 Å². The van der Waals surface area contributed by atoms with Crippen LogP contribution >= 0.6 is 0 Å². The van der Waals surface area contributed by atoms with E-state index in [0.717, 1.165) is 12.1 Å². The van der Waals surface area contributed by atoms with Crippen molar-refractivity contribution in [1.82, 2.24) is 15.1 Å². The van der Waals surface area contributed by atoms with E-state index in [-0.39, 0.29) is 0 Å². The van der Waals surface area contributed by atoms with Crippen molar-refractivity contribution in [2.24, 2.45) is 0 Å². The van der Waals surface area contributed by atoms with E-state index in [2.05, 4.69) is 10.4 Å². The predicted molar refractivity (Wildman–Crippen MR) is 55.1 cm³/mol. The molecule has 92 valence electrons. The second-order valence-electron chi connectivity index (χ2n) is 3.71. The summed E-state index contributed by atoms with van der Waals surface area (Å²) in [5, 5.41) is 6.70. The van der Waals surface area contributed by atoms with Crippen molar-refractivity contribution in [3.63, 3.8) is 0 Å². The maximum absolute atomic E-state index is 12.2. The highest BCUT2D eigenvalue weighted by Gasteiger charge is 2.31. The average molecular weight is 235 g/mol. The summed E-state index contributed by atoms with van der Waals surface area (Å²) in [5.74, 6) is 0. The molecule has 1 atom stereocenters. The Balaban J connectivity index is 2.56. The molecule has 0 radical (unpaired) electrons. The largest absolute Gasteiger partial charge is 0.390 e. The summed E-state index contributed by atoms with van der Waals surface area (Å²) in [7, 11) is 1.54. The molecule has 1 N–H and O–H groups in total. The molecule has 6 heteroatoms. The lowest BCUT2D eigenvalue weighted by molar-refractivity contribution is -0.139. The topological polar surface area (TPSA) is 29.9 Å². The number of nitrogens with zero attached hydrogens (tertiary/aromatic N) is 2. The van der Waals surface area contributed by atoms with E-state index in [9.17, 15) is 13.2 Å². The van der Waals surface area contributed by atoms with Gasteiger partial charge in [0.2, 0.25) is 0 Å². The molecule has 0 aliphatic rings. The monoisotopic (exact) mass is 235 g/mol. The highest BCUT2D eigenvalue weighted by atomic mass is 19.4. The molecule has 0 spiro atoms. The molecule has 0 fully saturated rings. The summed E-state index contributed by atoms with van der Waals surface area (Å²) in [6.45, 7) is 2.66. The minimum Gasteiger partial charge on any atom is -0.316 e. The fourth-order valence-electron chi connectivity index (χ4n) is 1.52. The highest BCUT2D eigenvalue weighted by molar-refractivity contribution is 5.06. The highest BCUT2D eigenvalue weighted by Crippen LogP contribution is 2.22. The lowest BCUT2D eigenvalue weighted by Gasteiger charge is -2.16. The fourth-order valence-corrected chi connectivity index (χ4v) is 1.52. The Labute approximate surface area is 92.6 Å². The number of halogens is 3. The van der Waals surface area contributed by atoms with Crippen LogP contribution < -0.4 is 5.32 Å². The first-order chi connectivity index (χ1) is 7.44. The van der Waals surface area contributed by atoms with Crippen molar-refractivity contribution in [1.29, 1.82) is 0 Å². The summed E-state index contributed by atoms with van der Waals surface area (Å²) < 4.78 is 38.3. The van der Waals surface area contributed by atoms with Gasteiger partial charge in [-0.2, -0.15) is 18.3 Å². The Morgan fingerprint density at radius 3 is 2.62 bits per heavy atom. The summed E-state index contributed by atoms with van der Waals surface area (Å²) in [4.78, 5) is 0. The molecular formula is C10H16F3N3. The van der Waals surface area contributed by atoms with Crippen molar-refractivity contribution in [2.75, 3.05) is 7.05 Å². The summed E-state index contributed by atoms with van der Waals surface area (Å²) in [6, 6.07) is -0.588. The number of aryl methyl sites for hydroxylation is 1. The van der Waals surface area contributed by atoms with Crippen LogP contribution in [0.15, 0.2) is 12.4 Å². The van der Waals surface area contributed by atoms with Crippen LogP contribution in [0.5, 0.6) is 0 Å². The maximum Gasteiger partial charge on any atom is 0.390 e. The number of nitrogens with one attached hydrogen (secondary N) is 1. The summed E-state index contributed by atoms with van der Waals surface area (Å²) >= 11 is 0. The van der Waals surface area contributed by atoms with Gasteiger partial charge >= 0.3 is 6.18 Å². The molecule has 0 aliphatic heterocycles. The standard InChI is InChI=1S/C10H16F3N3/c1-3-16-7-8(6-15-16)4-9(14-2)5-10(11,12)13/h6-7,9,14H,3-5H2,1-2H3. The number of rotatable bonds is 5. The van der Waals surface area contributed by atoms with Crippen LogP contribution in [0.25, 0.3) is 0 Å². The van der Waals surface area contributed by atoms with Gasteiger partial charge in [0, 0.05) is 18.8 Å². The van der Waals surface area contributed by atoms with Crippen molar-refractivity contribution in [3.8, 4) is 0 Å². The minimum atomic E-state index is -4.13. The lowest BCUT2D eigenvalue weighted by atomic mass is 10.1. The summed E-state index contributed by atoms with van der Waals surface area (Å²) in [5.41, 5.74) is 0.824. The molecule has 3 nitrogen and oxygen atoms in total. The fraction of sp³-hybridized carbons (Fsp3) is 0.700. The molecule has 1 aromatic heterocycles. The van der Waals surface area contributed by atoms with Crippen molar-refractivity contribution in [2.45, 2.75) is 38.5 Å². The molecule has 0 saturated heterocycles. The van der Waals surface area contributed by atoms with Crippen LogP contribution in [-0.4, -0.2) is 29.0 Å². The molecule has 0 aromatic carbocycles. The zero-order valence-electron chi connectivity index (χ0n) is 9.38. The Bertz CT molecular complexity index is 319. The first-order valence-corrected chi connectivity index (χ1v) is 5.20. The van der Waals surface area contributed by atoms with E-state index in [1.165, 1.54) is 0 Å². The Morgan fingerprint density at radius 1 is 1.50 bits per heavy atom. The van der Waals surface area contributed by atoms with Gasteiger partial charge < -0.3 is 5.32 Å². The smallest absolute Gasteiger partial charge is 0.316 e. The van der Waals surface area contributed by atoms with E-state index in [1.54, 1.807) is 24.1 Å². The van der Waals surface area contributed by atoms with Crippen LogP contribution in [0.1, 0.15) is 18.9 Å². The maximum atomic E-state index is 12.2. The molecular weight excluding hydrogens is 219 g/mol. The van der Waals surface area contributed by atoms with Crippen LogP contribution in [-0.2, 0) is 13.0 Å². The number of hydrogen-bond acceptors (Lipinski definition) is 2. The zero-order valence-corrected chi connectivity index (χ0v) is 9.38. The third-order valence-electron chi connectivity index (χ3n) is 2.38. The van der Waals surface area contributed by atoms with E-state index >= 15 is 0 Å². The third-order valence-corrected chi connectivity index (χ3v) is 2.38. The number of hydrogen-bond donors (Lipinski definition) is 1. The summed E-state index contributed by atoms with van der Waals surface area (Å²) in [6.07, 6.45) is -1.21. The normalized spacial score (nSPS) is 14.1. The van der Waals surface area contributed by atoms with Crippen LogP contribution in [0.3, 0.4) is 0 Å². The van der Waals surface area contributed by atoms with E-state index < -0.39 is 18.6 Å². The molecule has 1 heterocycles. The first kappa shape index (κ1) is 13.0. The van der Waals surface area contributed by atoms with Crippen molar-refractivity contribution in [3.05, 3.63) is 18.0 Å². The van der Waals surface area contributed by atoms with Gasteiger partial charge in [-0.25, -0.2) is 0 Å². The Kier molecular flexibility index (Phi) is 4.35. The quantitative estimate of drug-likeness (QED) is 0.845. The third kappa shape index (κ3) is 4.22. The second kappa shape index (κ2) is 5.34. The van der Waals surface area contributed by atoms with Gasteiger partial charge in [-0.1, -0.05) is 0 Å². The van der Waals surface area contributed by atoms with Crippen LogP contribution in [0.4, 0.5) is 13.2 Å². The van der Waals surface area contributed by atoms with Gasteiger partial charge in [0.15, 0.2) is 0 Å². The minimum absolute atomic E-state index is 0.343. The van der Waals surface area contributed by atoms with Gasteiger partial charge in [0.1, 0.15) is 0 Å². The molecule has 0 aliphatic carbocycles. The van der Waals surface area contributed by atoms with Gasteiger partial charge in [0.05, 0.1) is 12.6 Å².